The standard InChI is InChI=1S/C21H21ClN6/c1-13(28-23)21-18-7-2-14(15-11-25-26-12-15)10-19(18)20(8-9-24-21)27-17-5-3-16(22)4-6-17/h2-7,10-12,20,27H,8-9,23H2,1H3,(H,25,26). The Labute approximate surface area is 168 Å². The van der Waals surface area contributed by atoms with Crippen LogP contribution >= 0.6 is 11.6 Å². The number of aromatic amines is 1. The number of anilines is 1. The highest BCUT2D eigenvalue weighted by atomic mass is 35.5. The monoisotopic (exact) mass is 392 g/mol. The number of hydrogen-bond acceptors (Lipinski definition) is 5. The predicted octanol–water partition coefficient (Wildman–Crippen LogP) is 4.41. The summed E-state index contributed by atoms with van der Waals surface area (Å²) in [5.74, 6) is 5.56. The van der Waals surface area contributed by atoms with Crippen molar-refractivity contribution in [1.29, 1.82) is 0 Å². The summed E-state index contributed by atoms with van der Waals surface area (Å²) < 4.78 is 0. The number of rotatable bonds is 4. The zero-order chi connectivity index (χ0) is 19.5. The maximum absolute atomic E-state index is 6.03. The SMILES string of the molecule is CC(=NN)C1=NCCC(Nc2ccc(Cl)cc2)c2cc(-c3cn[nH]c3)ccc21. The molecule has 0 aliphatic carbocycles. The fourth-order valence-electron chi connectivity index (χ4n) is 3.47. The van der Waals surface area contributed by atoms with Gasteiger partial charge in [-0.15, -0.1) is 0 Å². The molecular formula is C21H21ClN6. The Balaban J connectivity index is 1.78. The molecule has 0 spiro atoms. The number of hydrazone groups is 1. The van der Waals surface area contributed by atoms with E-state index >= 15 is 0 Å². The second-order valence-electron chi connectivity index (χ2n) is 6.73. The lowest BCUT2D eigenvalue weighted by Gasteiger charge is -2.22. The third-order valence-corrected chi connectivity index (χ3v) is 5.17. The van der Waals surface area contributed by atoms with E-state index in [1.807, 2.05) is 43.6 Å². The number of H-pyrrole nitrogens is 1. The quantitative estimate of drug-likeness (QED) is 0.349. The van der Waals surface area contributed by atoms with E-state index in [1.54, 1.807) is 0 Å². The largest absolute Gasteiger partial charge is 0.378 e. The lowest BCUT2D eigenvalue weighted by Crippen LogP contribution is -2.18. The number of nitrogens with zero attached hydrogens (tertiary/aromatic N) is 3. The third kappa shape index (κ3) is 3.64. The molecule has 4 rings (SSSR count). The van der Waals surface area contributed by atoms with Gasteiger partial charge in [-0.05, 0) is 54.8 Å². The summed E-state index contributed by atoms with van der Waals surface area (Å²) >= 11 is 6.03. The van der Waals surface area contributed by atoms with Crippen LogP contribution in [0.3, 0.4) is 0 Å². The Bertz CT molecular complexity index is 1020. The van der Waals surface area contributed by atoms with Crippen LogP contribution in [0.4, 0.5) is 5.69 Å². The highest BCUT2D eigenvalue weighted by Gasteiger charge is 2.23. The Kier molecular flexibility index (Phi) is 5.12. The van der Waals surface area contributed by atoms with Crippen molar-refractivity contribution in [3.05, 3.63) is 71.0 Å². The molecule has 28 heavy (non-hydrogen) atoms. The van der Waals surface area contributed by atoms with Gasteiger partial charge in [0.15, 0.2) is 0 Å². The van der Waals surface area contributed by atoms with Crippen LogP contribution in [-0.4, -0.2) is 28.2 Å². The number of halogens is 1. The number of hydrogen-bond donors (Lipinski definition) is 3. The van der Waals surface area contributed by atoms with Gasteiger partial charge in [0.05, 0.1) is 23.7 Å². The highest BCUT2D eigenvalue weighted by Crippen LogP contribution is 2.32. The number of aliphatic imine (C=N–C) groups is 1. The lowest BCUT2D eigenvalue weighted by molar-refractivity contribution is 0.712. The number of fused-ring (bicyclic) bond motifs is 1. The molecule has 0 saturated carbocycles. The van der Waals surface area contributed by atoms with E-state index in [1.165, 1.54) is 0 Å². The van der Waals surface area contributed by atoms with Crippen LogP contribution in [0.1, 0.15) is 30.5 Å². The van der Waals surface area contributed by atoms with E-state index in [9.17, 15) is 0 Å². The van der Waals surface area contributed by atoms with Crippen LogP contribution in [0.25, 0.3) is 11.1 Å². The van der Waals surface area contributed by atoms with Crippen LogP contribution in [-0.2, 0) is 0 Å². The minimum absolute atomic E-state index is 0.0925. The smallest absolute Gasteiger partial charge is 0.0879 e. The molecule has 4 N–H and O–H groups in total. The first-order chi connectivity index (χ1) is 13.7. The van der Waals surface area contributed by atoms with Gasteiger partial charge in [-0.2, -0.15) is 10.2 Å². The third-order valence-electron chi connectivity index (χ3n) is 4.92. The van der Waals surface area contributed by atoms with Gasteiger partial charge >= 0.3 is 0 Å². The zero-order valence-electron chi connectivity index (χ0n) is 15.5. The summed E-state index contributed by atoms with van der Waals surface area (Å²) in [5, 5.41) is 15.2. The molecule has 1 unspecified atom stereocenters. The van der Waals surface area contributed by atoms with Crippen LogP contribution in [0.2, 0.25) is 5.02 Å². The average molecular weight is 393 g/mol. The molecule has 1 aliphatic rings. The van der Waals surface area contributed by atoms with Gasteiger partial charge in [0.2, 0.25) is 0 Å². The van der Waals surface area contributed by atoms with Crippen molar-refractivity contribution < 1.29 is 0 Å². The Morgan fingerprint density at radius 2 is 2.04 bits per heavy atom. The first-order valence-corrected chi connectivity index (χ1v) is 9.48. The van der Waals surface area contributed by atoms with Crippen molar-refractivity contribution in [3.63, 3.8) is 0 Å². The summed E-state index contributed by atoms with van der Waals surface area (Å²) in [6.45, 7) is 2.57. The van der Waals surface area contributed by atoms with E-state index in [0.717, 1.165) is 50.8 Å². The summed E-state index contributed by atoms with van der Waals surface area (Å²) in [6.07, 6.45) is 4.56. The Hall–Kier alpha value is -3.12. The van der Waals surface area contributed by atoms with Crippen molar-refractivity contribution in [2.45, 2.75) is 19.4 Å². The van der Waals surface area contributed by atoms with Gasteiger partial charge in [-0.3, -0.25) is 10.1 Å². The first-order valence-electron chi connectivity index (χ1n) is 9.10. The highest BCUT2D eigenvalue weighted by molar-refractivity contribution is 6.48. The normalized spacial score (nSPS) is 16.9. The predicted molar refractivity (Wildman–Crippen MR) is 115 cm³/mol. The average Bonchev–Trinajstić information content (AvgIpc) is 3.20. The molecule has 2 aromatic carbocycles. The molecule has 0 radical (unpaired) electrons. The van der Waals surface area contributed by atoms with Crippen LogP contribution < -0.4 is 11.2 Å². The maximum Gasteiger partial charge on any atom is 0.0879 e. The van der Waals surface area contributed by atoms with Crippen molar-refractivity contribution in [1.82, 2.24) is 10.2 Å². The minimum Gasteiger partial charge on any atom is -0.378 e. The second kappa shape index (κ2) is 7.86. The molecule has 0 bridgehead atoms. The van der Waals surface area contributed by atoms with Crippen molar-refractivity contribution >= 4 is 28.7 Å². The van der Waals surface area contributed by atoms with Crippen LogP contribution in [0.5, 0.6) is 0 Å². The number of nitrogens with two attached hydrogens (primary N) is 1. The molecule has 0 saturated heterocycles. The number of aromatic nitrogens is 2. The van der Waals surface area contributed by atoms with E-state index in [4.69, 9.17) is 22.4 Å². The summed E-state index contributed by atoms with van der Waals surface area (Å²) in [4.78, 5) is 4.76. The van der Waals surface area contributed by atoms with Gasteiger partial charge in [-0.1, -0.05) is 23.7 Å². The Morgan fingerprint density at radius 3 is 2.75 bits per heavy atom. The van der Waals surface area contributed by atoms with Crippen molar-refractivity contribution in [2.75, 3.05) is 11.9 Å². The molecular weight excluding hydrogens is 372 g/mol. The second-order valence-corrected chi connectivity index (χ2v) is 7.16. The van der Waals surface area contributed by atoms with E-state index < -0.39 is 0 Å². The van der Waals surface area contributed by atoms with Gasteiger partial charge < -0.3 is 11.2 Å². The van der Waals surface area contributed by atoms with Gasteiger partial charge in [-0.25, -0.2) is 0 Å². The topological polar surface area (TPSA) is 91.4 Å². The molecule has 0 fully saturated rings. The summed E-state index contributed by atoms with van der Waals surface area (Å²) in [6, 6.07) is 14.2. The van der Waals surface area contributed by atoms with Crippen LogP contribution in [0, 0.1) is 0 Å². The summed E-state index contributed by atoms with van der Waals surface area (Å²) in [5.41, 5.74) is 6.93. The molecule has 7 heteroatoms. The first kappa shape index (κ1) is 18.3. The Morgan fingerprint density at radius 1 is 1.21 bits per heavy atom. The maximum atomic E-state index is 6.03. The molecule has 1 aromatic heterocycles. The minimum atomic E-state index is 0.0925. The zero-order valence-corrected chi connectivity index (χ0v) is 16.2. The molecule has 1 atom stereocenters. The lowest BCUT2D eigenvalue weighted by atomic mass is 9.91. The molecule has 3 aromatic rings. The van der Waals surface area contributed by atoms with Gasteiger partial charge in [0.1, 0.15) is 0 Å². The van der Waals surface area contributed by atoms with Gasteiger partial charge in [0, 0.05) is 34.6 Å². The molecule has 2 heterocycles. The molecule has 0 amide bonds. The fourth-order valence-corrected chi connectivity index (χ4v) is 3.59. The molecule has 1 aliphatic heterocycles. The van der Waals surface area contributed by atoms with Crippen molar-refractivity contribution in [2.24, 2.45) is 15.9 Å². The molecule has 142 valence electrons. The van der Waals surface area contributed by atoms with E-state index in [-0.39, 0.29) is 6.04 Å². The molecule has 6 nitrogen and oxygen atoms in total. The van der Waals surface area contributed by atoms with Crippen molar-refractivity contribution in [3.8, 4) is 11.1 Å². The number of benzene rings is 2. The van der Waals surface area contributed by atoms with Crippen LogP contribution in [0.15, 0.2) is 65.0 Å². The van der Waals surface area contributed by atoms with Gasteiger partial charge in [0.25, 0.3) is 0 Å². The number of nitrogens with one attached hydrogen (secondary N) is 2. The fraction of sp³-hybridized carbons (Fsp3) is 0.190. The summed E-state index contributed by atoms with van der Waals surface area (Å²) in [7, 11) is 0. The van der Waals surface area contributed by atoms with E-state index in [2.05, 4.69) is 38.8 Å². The van der Waals surface area contributed by atoms with E-state index in [0.29, 0.717) is 6.54 Å².